The van der Waals surface area contributed by atoms with Crippen molar-refractivity contribution < 1.29 is 9.21 Å². The highest BCUT2D eigenvalue weighted by molar-refractivity contribution is 6.31. The summed E-state index contributed by atoms with van der Waals surface area (Å²) in [4.78, 5) is 27.0. The van der Waals surface area contributed by atoms with E-state index in [1.807, 2.05) is 55.6 Å². The third-order valence-electron chi connectivity index (χ3n) is 5.91. The molecule has 178 valence electrons. The van der Waals surface area contributed by atoms with Gasteiger partial charge in [0.1, 0.15) is 11.6 Å². The number of guanidine groups is 1. The molecule has 8 nitrogen and oxygen atoms in total. The fourth-order valence-corrected chi connectivity index (χ4v) is 4.35. The minimum absolute atomic E-state index is 0.181. The Morgan fingerprint density at radius 1 is 1.17 bits per heavy atom. The van der Waals surface area contributed by atoms with Crippen LogP contribution >= 0.6 is 11.6 Å². The summed E-state index contributed by atoms with van der Waals surface area (Å²) in [6.07, 6.45) is 4.83. The molecule has 0 saturated carbocycles. The van der Waals surface area contributed by atoms with Gasteiger partial charge in [-0.3, -0.25) is 15.1 Å². The van der Waals surface area contributed by atoms with Gasteiger partial charge in [-0.05, 0) is 37.1 Å². The molecule has 9 heteroatoms. The summed E-state index contributed by atoms with van der Waals surface area (Å²) in [5.41, 5.74) is 4.26. The number of halogens is 1. The molecule has 2 aliphatic heterocycles. The summed E-state index contributed by atoms with van der Waals surface area (Å²) < 4.78 is 5.78. The lowest BCUT2D eigenvalue weighted by Crippen LogP contribution is -2.39. The van der Waals surface area contributed by atoms with Gasteiger partial charge in [0.05, 0.1) is 11.6 Å². The third kappa shape index (κ3) is 4.83. The monoisotopic (exact) mass is 488 g/mol. The SMILES string of the molecule is CCC1C=C(CNC(=O)C2=C(C)NC(Nc3nc4ccccc4o3)=NC2c2ccccc2Cl)C=N1. The number of rotatable bonds is 6. The lowest BCUT2D eigenvalue weighted by Gasteiger charge is -2.27. The molecule has 2 atom stereocenters. The number of fused-ring (bicyclic) bond motifs is 1. The first-order valence-electron chi connectivity index (χ1n) is 11.5. The van der Waals surface area contributed by atoms with Crippen molar-refractivity contribution in [3.63, 3.8) is 0 Å². The van der Waals surface area contributed by atoms with Crippen LogP contribution < -0.4 is 16.0 Å². The van der Waals surface area contributed by atoms with Crippen LogP contribution in [-0.4, -0.2) is 35.7 Å². The van der Waals surface area contributed by atoms with Gasteiger partial charge in [0, 0.05) is 29.0 Å². The fourth-order valence-electron chi connectivity index (χ4n) is 4.11. The first-order valence-corrected chi connectivity index (χ1v) is 11.8. The molecule has 2 aromatic carbocycles. The Morgan fingerprint density at radius 3 is 2.74 bits per heavy atom. The Labute approximate surface area is 207 Å². The van der Waals surface area contributed by atoms with Crippen LogP contribution in [0.2, 0.25) is 5.02 Å². The van der Waals surface area contributed by atoms with Crippen molar-refractivity contribution >= 4 is 46.8 Å². The number of aromatic nitrogens is 1. The lowest BCUT2D eigenvalue weighted by molar-refractivity contribution is -0.117. The molecule has 0 spiro atoms. The van der Waals surface area contributed by atoms with E-state index >= 15 is 0 Å². The molecule has 0 fully saturated rings. The van der Waals surface area contributed by atoms with Crippen LogP contribution in [0.1, 0.15) is 31.9 Å². The van der Waals surface area contributed by atoms with Crippen molar-refractivity contribution in [3.8, 4) is 0 Å². The summed E-state index contributed by atoms with van der Waals surface area (Å²) in [6.45, 7) is 4.31. The molecule has 5 rings (SSSR count). The van der Waals surface area contributed by atoms with Gasteiger partial charge in [0.2, 0.25) is 5.96 Å². The van der Waals surface area contributed by atoms with Crippen LogP contribution in [0, 0.1) is 0 Å². The second-order valence-corrected chi connectivity index (χ2v) is 8.76. The van der Waals surface area contributed by atoms with Crippen molar-refractivity contribution in [2.24, 2.45) is 9.98 Å². The standard InChI is InChI=1S/C26H25ClN6O2/c1-3-17-12-16(13-28-17)14-29-24(34)22-15(2)30-25(32-23(22)18-8-4-5-9-19(18)27)33-26-31-20-10-6-7-11-21(20)35-26/h4-13,17,23H,3,14H2,1-2H3,(H,29,34)(H2,30,31,32,33). The second-order valence-electron chi connectivity index (χ2n) is 8.36. The number of nitrogens with zero attached hydrogens (tertiary/aromatic N) is 3. The van der Waals surface area contributed by atoms with E-state index in [1.165, 1.54) is 0 Å². The van der Waals surface area contributed by atoms with Gasteiger partial charge in [0.25, 0.3) is 5.91 Å². The smallest absolute Gasteiger partial charge is 0.302 e. The molecule has 1 aromatic heterocycles. The van der Waals surface area contributed by atoms with Gasteiger partial charge in [-0.1, -0.05) is 54.9 Å². The lowest BCUT2D eigenvalue weighted by atomic mass is 9.95. The zero-order valence-electron chi connectivity index (χ0n) is 19.4. The summed E-state index contributed by atoms with van der Waals surface area (Å²) in [7, 11) is 0. The fraction of sp³-hybridized carbons (Fsp3) is 0.231. The zero-order chi connectivity index (χ0) is 24.4. The van der Waals surface area contributed by atoms with E-state index < -0.39 is 6.04 Å². The number of oxazole rings is 1. The molecule has 3 N–H and O–H groups in total. The van der Waals surface area contributed by atoms with E-state index in [-0.39, 0.29) is 11.9 Å². The summed E-state index contributed by atoms with van der Waals surface area (Å²) >= 11 is 6.53. The van der Waals surface area contributed by atoms with Gasteiger partial charge in [-0.15, -0.1) is 0 Å². The summed E-state index contributed by atoms with van der Waals surface area (Å²) in [5, 5.41) is 9.81. The number of nitrogens with one attached hydrogen (secondary N) is 3. The third-order valence-corrected chi connectivity index (χ3v) is 6.26. The number of allylic oxidation sites excluding steroid dienone is 1. The molecule has 3 aromatic rings. The summed E-state index contributed by atoms with van der Waals surface area (Å²) in [5.74, 6) is 0.186. The molecule has 0 radical (unpaired) electrons. The second kappa shape index (κ2) is 9.76. The van der Waals surface area contributed by atoms with E-state index in [2.05, 4.69) is 38.9 Å². The highest BCUT2D eigenvalue weighted by Crippen LogP contribution is 2.35. The normalized spacial score (nSPS) is 19.4. The van der Waals surface area contributed by atoms with Gasteiger partial charge < -0.3 is 15.1 Å². The first kappa shape index (κ1) is 22.9. The van der Waals surface area contributed by atoms with Crippen molar-refractivity contribution in [3.05, 3.63) is 82.0 Å². The van der Waals surface area contributed by atoms with Gasteiger partial charge in [-0.2, -0.15) is 4.98 Å². The molecule has 0 bridgehead atoms. The molecule has 0 aliphatic carbocycles. The number of benzene rings is 2. The molecule has 0 saturated heterocycles. The van der Waals surface area contributed by atoms with Crippen molar-refractivity contribution in [2.75, 3.05) is 11.9 Å². The molecule has 2 aliphatic rings. The van der Waals surface area contributed by atoms with E-state index in [1.54, 1.807) is 6.07 Å². The van der Waals surface area contributed by atoms with E-state index in [9.17, 15) is 4.79 Å². The van der Waals surface area contributed by atoms with E-state index in [0.29, 0.717) is 40.4 Å². The maximum absolute atomic E-state index is 13.3. The Morgan fingerprint density at radius 2 is 1.97 bits per heavy atom. The first-order chi connectivity index (χ1) is 17.0. The maximum atomic E-state index is 13.3. The Kier molecular flexibility index (Phi) is 6.37. The van der Waals surface area contributed by atoms with Crippen molar-refractivity contribution in [1.29, 1.82) is 0 Å². The topological polar surface area (TPSA) is 104 Å². The predicted octanol–water partition coefficient (Wildman–Crippen LogP) is 4.77. The minimum Gasteiger partial charge on any atom is -0.423 e. The molecule has 35 heavy (non-hydrogen) atoms. The largest absolute Gasteiger partial charge is 0.423 e. The van der Waals surface area contributed by atoms with E-state index in [4.69, 9.17) is 21.0 Å². The van der Waals surface area contributed by atoms with Gasteiger partial charge >= 0.3 is 6.01 Å². The van der Waals surface area contributed by atoms with Crippen LogP contribution in [0.15, 0.2) is 85.9 Å². The Hall–Kier alpha value is -3.91. The predicted molar refractivity (Wildman–Crippen MR) is 139 cm³/mol. The number of hydrogen-bond acceptors (Lipinski definition) is 7. The average molecular weight is 489 g/mol. The van der Waals surface area contributed by atoms with Crippen LogP contribution in [-0.2, 0) is 4.79 Å². The van der Waals surface area contributed by atoms with Crippen LogP contribution in [0.5, 0.6) is 0 Å². The van der Waals surface area contributed by atoms with Crippen LogP contribution in [0.4, 0.5) is 6.01 Å². The van der Waals surface area contributed by atoms with Crippen molar-refractivity contribution in [2.45, 2.75) is 32.4 Å². The van der Waals surface area contributed by atoms with Crippen LogP contribution in [0.25, 0.3) is 11.1 Å². The number of hydrogen-bond donors (Lipinski definition) is 3. The van der Waals surface area contributed by atoms with Crippen molar-refractivity contribution in [1.82, 2.24) is 15.6 Å². The van der Waals surface area contributed by atoms with E-state index in [0.717, 1.165) is 23.1 Å². The molecule has 2 unspecified atom stereocenters. The Bertz CT molecular complexity index is 1370. The van der Waals surface area contributed by atoms with Crippen LogP contribution in [0.3, 0.4) is 0 Å². The molecular formula is C26H25ClN6O2. The quantitative estimate of drug-likeness (QED) is 0.463. The highest BCUT2D eigenvalue weighted by atomic mass is 35.5. The minimum atomic E-state index is -0.619. The number of anilines is 1. The average Bonchev–Trinajstić information content (AvgIpc) is 3.48. The number of para-hydroxylation sites is 2. The highest BCUT2D eigenvalue weighted by Gasteiger charge is 2.31. The molecule has 3 heterocycles. The molecule has 1 amide bonds. The number of aliphatic imine (C=N–C) groups is 2. The van der Waals surface area contributed by atoms with Gasteiger partial charge in [0.15, 0.2) is 5.58 Å². The Balaban J connectivity index is 1.42. The number of carbonyl (C=O) groups excluding carboxylic acids is 1. The number of carbonyl (C=O) groups is 1. The number of amides is 1. The molecular weight excluding hydrogens is 464 g/mol. The zero-order valence-corrected chi connectivity index (χ0v) is 20.1. The maximum Gasteiger partial charge on any atom is 0.302 e. The van der Waals surface area contributed by atoms with Gasteiger partial charge in [-0.25, -0.2) is 4.99 Å². The summed E-state index contributed by atoms with van der Waals surface area (Å²) in [6, 6.07) is 14.7.